The number of nitrogens with zero attached hydrogens (tertiary/aromatic N) is 3. The van der Waals surface area contributed by atoms with Crippen LogP contribution in [0.2, 0.25) is 0 Å². The topological polar surface area (TPSA) is 26.8 Å². The Bertz CT molecular complexity index is 1950. The van der Waals surface area contributed by atoms with Crippen LogP contribution in [-0.4, -0.2) is 12.5 Å². The SMILES string of the molecule is CC(C)c1cccc(C(C)C)c1N1CCC(=O)N(c2c(C(C)C)cccc2C(C)C)[C]1c1ccc(N2c3ccccc3Sc3ccccc32)cc1. The lowest BCUT2D eigenvalue weighted by Crippen LogP contribution is -2.53. The summed E-state index contributed by atoms with van der Waals surface area (Å²) in [5.74, 6) is 1.28. The normalized spacial score (nSPS) is 15.0. The molecule has 5 aromatic carbocycles. The fourth-order valence-corrected chi connectivity index (χ4v) is 8.79. The predicted molar refractivity (Wildman–Crippen MR) is 216 cm³/mol. The number of rotatable bonds is 8. The summed E-state index contributed by atoms with van der Waals surface area (Å²) in [5.41, 5.74) is 11.8. The molecule has 0 aromatic heterocycles. The molecule has 2 aliphatic heterocycles. The first-order chi connectivity index (χ1) is 24.6. The van der Waals surface area contributed by atoms with Crippen molar-refractivity contribution >= 4 is 46.1 Å². The number of anilines is 5. The van der Waals surface area contributed by atoms with Crippen molar-refractivity contribution in [2.75, 3.05) is 21.2 Å². The minimum Gasteiger partial charge on any atom is -0.340 e. The first-order valence-corrected chi connectivity index (χ1v) is 19.4. The summed E-state index contributed by atoms with van der Waals surface area (Å²) in [5, 5.41) is 0. The molecule has 5 heteroatoms. The standard InChI is InChI=1S/C46H50N3OS/c1-29(2)35-15-13-16-36(30(3)4)44(35)47-28-27-43(50)49(45-37(31(5)6)17-14-18-38(45)32(7)8)46(47)33-23-25-34(26-24-33)48-39-19-9-11-21-41(39)51-42-22-12-10-20-40(42)48/h9-26,29-32H,27-28H2,1-8H3. The Morgan fingerprint density at radius 2 is 0.961 bits per heavy atom. The molecule has 261 valence electrons. The van der Waals surface area contributed by atoms with Crippen molar-refractivity contribution in [2.45, 2.75) is 95.3 Å². The van der Waals surface area contributed by atoms with Crippen molar-refractivity contribution in [2.24, 2.45) is 0 Å². The van der Waals surface area contributed by atoms with E-state index in [2.05, 4.69) is 179 Å². The third-order valence-electron chi connectivity index (χ3n) is 10.3. The zero-order chi connectivity index (χ0) is 36.0. The molecule has 0 bridgehead atoms. The monoisotopic (exact) mass is 692 g/mol. The lowest BCUT2D eigenvalue weighted by atomic mass is 9.88. The second-order valence-electron chi connectivity index (χ2n) is 15.1. The number of fused-ring (bicyclic) bond motifs is 2. The highest BCUT2D eigenvalue weighted by molar-refractivity contribution is 7.99. The Morgan fingerprint density at radius 1 is 0.510 bits per heavy atom. The highest BCUT2D eigenvalue weighted by Crippen LogP contribution is 2.52. The van der Waals surface area contributed by atoms with Gasteiger partial charge in [0.2, 0.25) is 5.91 Å². The number of carbonyl (C=O) groups excluding carboxylic acids is 1. The van der Waals surface area contributed by atoms with E-state index >= 15 is 0 Å². The van der Waals surface area contributed by atoms with E-state index < -0.39 is 0 Å². The van der Waals surface area contributed by atoms with Crippen molar-refractivity contribution in [1.29, 1.82) is 0 Å². The van der Waals surface area contributed by atoms with Gasteiger partial charge in [-0.3, -0.25) is 9.69 Å². The van der Waals surface area contributed by atoms with Gasteiger partial charge in [-0.1, -0.05) is 140 Å². The number of amides is 1. The van der Waals surface area contributed by atoms with Gasteiger partial charge in [-0.2, -0.15) is 0 Å². The summed E-state index contributed by atoms with van der Waals surface area (Å²) < 4.78 is 0. The molecule has 0 saturated carbocycles. The van der Waals surface area contributed by atoms with Gasteiger partial charge in [-0.15, -0.1) is 0 Å². The van der Waals surface area contributed by atoms with E-state index in [-0.39, 0.29) is 17.7 Å². The second kappa shape index (κ2) is 14.3. The molecule has 1 radical (unpaired) electrons. The minimum atomic E-state index is 0.143. The van der Waals surface area contributed by atoms with Gasteiger partial charge < -0.3 is 9.80 Å². The van der Waals surface area contributed by atoms with Crippen LogP contribution < -0.4 is 14.7 Å². The van der Waals surface area contributed by atoms with Crippen molar-refractivity contribution in [3.63, 3.8) is 0 Å². The number of benzene rings is 5. The minimum absolute atomic E-state index is 0.143. The van der Waals surface area contributed by atoms with Gasteiger partial charge >= 0.3 is 0 Å². The summed E-state index contributed by atoms with van der Waals surface area (Å²) in [4.78, 5) is 24.0. The smallest absolute Gasteiger partial charge is 0.231 e. The van der Waals surface area contributed by atoms with Gasteiger partial charge in [-0.05, 0) is 82.3 Å². The maximum absolute atomic E-state index is 14.6. The highest BCUT2D eigenvalue weighted by Gasteiger charge is 2.42. The Hall–Kier alpha value is -4.48. The molecule has 1 amide bonds. The molecule has 1 fully saturated rings. The molecule has 0 unspecified atom stereocenters. The summed E-state index contributed by atoms with van der Waals surface area (Å²) in [7, 11) is 0. The van der Waals surface area contributed by atoms with E-state index in [1.54, 1.807) is 0 Å². The van der Waals surface area contributed by atoms with Gasteiger partial charge in [0.1, 0.15) is 0 Å². The van der Waals surface area contributed by atoms with Gasteiger partial charge in [-0.25, -0.2) is 0 Å². The molecular formula is C46H50N3OS. The van der Waals surface area contributed by atoms with Gasteiger partial charge in [0.15, 0.2) is 6.17 Å². The van der Waals surface area contributed by atoms with Gasteiger partial charge in [0.05, 0.1) is 17.1 Å². The van der Waals surface area contributed by atoms with Crippen LogP contribution in [0.4, 0.5) is 28.4 Å². The number of para-hydroxylation sites is 4. The maximum atomic E-state index is 14.6. The van der Waals surface area contributed by atoms with Crippen molar-refractivity contribution in [3.8, 4) is 0 Å². The highest BCUT2D eigenvalue weighted by atomic mass is 32.2. The average Bonchev–Trinajstić information content (AvgIpc) is 3.13. The van der Waals surface area contributed by atoms with Crippen LogP contribution in [0.3, 0.4) is 0 Å². The maximum Gasteiger partial charge on any atom is 0.231 e. The first kappa shape index (κ1) is 34.9. The quantitative estimate of drug-likeness (QED) is 0.159. The molecule has 0 atom stereocenters. The van der Waals surface area contributed by atoms with Crippen LogP contribution in [0.5, 0.6) is 0 Å². The van der Waals surface area contributed by atoms with Crippen LogP contribution in [0, 0.1) is 6.17 Å². The summed E-state index contributed by atoms with van der Waals surface area (Å²) >= 11 is 1.82. The lowest BCUT2D eigenvalue weighted by molar-refractivity contribution is -0.118. The van der Waals surface area contributed by atoms with E-state index in [1.807, 2.05) is 11.8 Å². The molecular weight excluding hydrogens is 643 g/mol. The average molecular weight is 693 g/mol. The van der Waals surface area contributed by atoms with Gasteiger partial charge in [0.25, 0.3) is 0 Å². The summed E-state index contributed by atoms with van der Waals surface area (Å²) in [6.45, 7) is 18.7. The van der Waals surface area contributed by atoms with E-state index in [1.165, 1.54) is 49.1 Å². The number of carbonyl (C=O) groups is 1. The molecule has 2 heterocycles. The second-order valence-corrected chi connectivity index (χ2v) is 16.1. The molecule has 1 saturated heterocycles. The van der Waals surface area contributed by atoms with Gasteiger partial charge in [0, 0.05) is 39.7 Å². The number of hydrogen-bond donors (Lipinski definition) is 0. The van der Waals surface area contributed by atoms with Crippen LogP contribution in [0.1, 0.15) is 113 Å². The molecule has 0 aliphatic carbocycles. The molecule has 5 aromatic rings. The summed E-state index contributed by atoms with van der Waals surface area (Å²) in [6, 6.07) is 39.5. The van der Waals surface area contributed by atoms with Crippen LogP contribution in [-0.2, 0) is 4.79 Å². The summed E-state index contributed by atoms with van der Waals surface area (Å²) in [6.07, 6.45) is 1.38. The molecule has 7 rings (SSSR count). The van der Waals surface area contributed by atoms with Crippen LogP contribution >= 0.6 is 11.8 Å². The van der Waals surface area contributed by atoms with Crippen molar-refractivity contribution in [3.05, 3.63) is 143 Å². The van der Waals surface area contributed by atoms with Crippen molar-refractivity contribution < 1.29 is 4.79 Å². The van der Waals surface area contributed by atoms with E-state index in [0.29, 0.717) is 24.8 Å². The van der Waals surface area contributed by atoms with Crippen molar-refractivity contribution in [1.82, 2.24) is 0 Å². The number of hydrogen-bond acceptors (Lipinski definition) is 4. The van der Waals surface area contributed by atoms with E-state index in [9.17, 15) is 4.79 Å². The Kier molecular flexibility index (Phi) is 9.78. The molecule has 51 heavy (non-hydrogen) atoms. The Balaban J connectivity index is 1.45. The van der Waals surface area contributed by atoms with Crippen LogP contribution in [0.25, 0.3) is 0 Å². The zero-order valence-corrected chi connectivity index (χ0v) is 32.1. The first-order valence-electron chi connectivity index (χ1n) is 18.6. The third-order valence-corrected chi connectivity index (χ3v) is 11.4. The molecule has 0 N–H and O–H groups in total. The van der Waals surface area contributed by atoms with Crippen LogP contribution in [0.15, 0.2) is 119 Å². The predicted octanol–water partition coefficient (Wildman–Crippen LogP) is 12.9. The third kappa shape index (κ3) is 6.35. The Morgan fingerprint density at radius 3 is 1.43 bits per heavy atom. The van der Waals surface area contributed by atoms with E-state index in [4.69, 9.17) is 0 Å². The Labute approximate surface area is 309 Å². The fourth-order valence-electron chi connectivity index (χ4n) is 7.73. The molecule has 0 spiro atoms. The van der Waals surface area contributed by atoms with E-state index in [0.717, 1.165) is 23.1 Å². The molecule has 4 nitrogen and oxygen atoms in total. The largest absolute Gasteiger partial charge is 0.340 e. The zero-order valence-electron chi connectivity index (χ0n) is 31.3. The lowest BCUT2D eigenvalue weighted by Gasteiger charge is -2.47. The fraction of sp³-hybridized carbons (Fsp3) is 0.304. The molecule has 2 aliphatic rings.